The van der Waals surface area contributed by atoms with Gasteiger partial charge in [0.05, 0.1) is 24.1 Å². The van der Waals surface area contributed by atoms with Crippen LogP contribution in [-0.2, 0) is 41.8 Å². The predicted octanol–water partition coefficient (Wildman–Crippen LogP) is 4.99. The lowest BCUT2D eigenvalue weighted by molar-refractivity contribution is -0.147. The molecule has 1 aliphatic carbocycles. The van der Waals surface area contributed by atoms with E-state index in [-0.39, 0.29) is 51.6 Å². The number of hydrogen-bond acceptors (Lipinski definition) is 9. The van der Waals surface area contributed by atoms with Crippen LogP contribution in [0.25, 0.3) is 0 Å². The van der Waals surface area contributed by atoms with Gasteiger partial charge < -0.3 is 40.6 Å². The maximum Gasteiger partial charge on any atom is 0.408 e. The van der Waals surface area contributed by atoms with Crippen molar-refractivity contribution in [3.05, 3.63) is 97.1 Å². The van der Waals surface area contributed by atoms with Gasteiger partial charge >= 0.3 is 18.2 Å². The summed E-state index contributed by atoms with van der Waals surface area (Å²) in [5.74, 6) is -2.25. The quantitative estimate of drug-likeness (QED) is 0.0455. The minimum absolute atomic E-state index is 0.0150. The molecular weight excluding hydrogens is 680 g/mol. The molecule has 13 nitrogen and oxygen atoms in total. The Labute approximate surface area is 311 Å². The fraction of sp³-hybridized carbons (Fsp3) is 0.475. The summed E-state index contributed by atoms with van der Waals surface area (Å²) in [6.45, 7) is 7.50. The number of ether oxygens (including phenoxy) is 3. The van der Waals surface area contributed by atoms with Crippen LogP contribution in [0.4, 0.5) is 9.59 Å². The highest BCUT2D eigenvalue weighted by Gasteiger charge is 2.35. The Balaban J connectivity index is 1.58. The van der Waals surface area contributed by atoms with Gasteiger partial charge in [0, 0.05) is 13.0 Å². The summed E-state index contributed by atoms with van der Waals surface area (Å²) in [5, 5.41) is 21.0. The Morgan fingerprint density at radius 2 is 1.40 bits per heavy atom. The van der Waals surface area contributed by atoms with Gasteiger partial charge in [0.25, 0.3) is 0 Å². The van der Waals surface area contributed by atoms with E-state index in [1.807, 2.05) is 48.5 Å². The molecule has 0 heterocycles. The fourth-order valence-corrected chi connectivity index (χ4v) is 6.00. The summed E-state index contributed by atoms with van der Waals surface area (Å²) in [7, 11) is 0. The molecule has 0 aromatic heterocycles. The second-order valence-corrected chi connectivity index (χ2v) is 13.2. The molecule has 2 aromatic rings. The predicted molar refractivity (Wildman–Crippen MR) is 199 cm³/mol. The number of hydrogen-bond donors (Lipinski definition) is 5. The first-order valence-electron chi connectivity index (χ1n) is 18.2. The minimum atomic E-state index is -1.08. The molecule has 1 aliphatic rings. The normalized spacial score (nSPS) is 14.7. The average molecular weight is 735 g/mol. The first-order valence-corrected chi connectivity index (χ1v) is 18.2. The number of carbonyl (C=O) groups excluding carboxylic acids is 5. The molecule has 0 spiro atoms. The Morgan fingerprint density at radius 1 is 0.792 bits per heavy atom. The topological polar surface area (TPSA) is 181 Å². The summed E-state index contributed by atoms with van der Waals surface area (Å²) >= 11 is 0. The van der Waals surface area contributed by atoms with Crippen molar-refractivity contribution in [1.29, 1.82) is 0 Å². The number of nitrogens with one attached hydrogen (secondary N) is 4. The number of aliphatic hydroxyl groups excluding tert-OH is 1. The lowest BCUT2D eigenvalue weighted by atomic mass is 9.95. The van der Waals surface area contributed by atoms with Crippen molar-refractivity contribution in [2.75, 3.05) is 19.8 Å². The molecule has 0 aliphatic heterocycles. The second kappa shape index (κ2) is 23.4. The van der Waals surface area contributed by atoms with Crippen LogP contribution in [-0.4, -0.2) is 72.5 Å². The molecule has 5 N–H and O–H groups in total. The van der Waals surface area contributed by atoms with Crippen LogP contribution in [0.15, 0.2) is 86.0 Å². The number of esters is 1. The van der Waals surface area contributed by atoms with Gasteiger partial charge in [0.1, 0.15) is 25.9 Å². The molecule has 1 fully saturated rings. The van der Waals surface area contributed by atoms with E-state index < -0.39 is 47.6 Å². The maximum absolute atomic E-state index is 13.6. The molecule has 1 saturated carbocycles. The molecule has 2 aromatic carbocycles. The summed E-state index contributed by atoms with van der Waals surface area (Å²) in [5.41, 5.74) is 0.973. The zero-order chi connectivity index (χ0) is 38.3. The molecule has 288 valence electrons. The van der Waals surface area contributed by atoms with E-state index in [0.29, 0.717) is 38.6 Å². The van der Waals surface area contributed by atoms with Crippen LogP contribution in [0.3, 0.4) is 0 Å². The summed E-state index contributed by atoms with van der Waals surface area (Å²) in [4.78, 5) is 64.4. The number of benzene rings is 2. The lowest BCUT2D eigenvalue weighted by Crippen LogP contribution is -2.50. The van der Waals surface area contributed by atoms with Crippen LogP contribution in [0, 0.1) is 5.92 Å². The molecule has 0 radical (unpaired) electrons. The third kappa shape index (κ3) is 15.9. The van der Waals surface area contributed by atoms with Gasteiger partial charge in [-0.25, -0.2) is 14.4 Å². The van der Waals surface area contributed by atoms with E-state index >= 15 is 0 Å². The number of unbranched alkanes of at least 4 members (excludes halogenated alkanes) is 1. The van der Waals surface area contributed by atoms with Crippen LogP contribution >= 0.6 is 0 Å². The van der Waals surface area contributed by atoms with E-state index in [9.17, 15) is 29.1 Å². The highest BCUT2D eigenvalue weighted by atomic mass is 16.6. The molecule has 0 unspecified atom stereocenters. The monoisotopic (exact) mass is 734 g/mol. The smallest absolute Gasteiger partial charge is 0.408 e. The second-order valence-electron chi connectivity index (χ2n) is 13.2. The molecule has 0 bridgehead atoms. The highest BCUT2D eigenvalue weighted by molar-refractivity contribution is 5.86. The fourth-order valence-electron chi connectivity index (χ4n) is 6.00. The van der Waals surface area contributed by atoms with Crippen LogP contribution in [0.5, 0.6) is 0 Å². The lowest BCUT2D eigenvalue weighted by Gasteiger charge is -2.29. The van der Waals surface area contributed by atoms with E-state index in [1.165, 1.54) is 6.08 Å². The van der Waals surface area contributed by atoms with Gasteiger partial charge in [-0.3, -0.25) is 9.59 Å². The van der Waals surface area contributed by atoms with Crippen LogP contribution in [0.2, 0.25) is 0 Å². The molecule has 0 saturated heterocycles. The molecule has 4 amide bonds. The van der Waals surface area contributed by atoms with Crippen molar-refractivity contribution in [3.63, 3.8) is 0 Å². The van der Waals surface area contributed by atoms with Gasteiger partial charge in [0.2, 0.25) is 11.8 Å². The van der Waals surface area contributed by atoms with E-state index in [2.05, 4.69) is 34.4 Å². The van der Waals surface area contributed by atoms with Gasteiger partial charge in [-0.15, -0.1) is 13.2 Å². The molecule has 3 rings (SSSR count). The minimum Gasteiger partial charge on any atom is -0.462 e. The number of carbonyl (C=O) groups is 5. The number of rotatable bonds is 23. The molecular formula is C40H54N4O9. The van der Waals surface area contributed by atoms with Gasteiger partial charge in [-0.05, 0) is 56.1 Å². The maximum atomic E-state index is 13.6. The van der Waals surface area contributed by atoms with Crippen molar-refractivity contribution in [2.45, 2.75) is 95.0 Å². The summed E-state index contributed by atoms with van der Waals surface area (Å²) in [6, 6.07) is 16.7. The Bertz CT molecular complexity index is 1470. The Morgan fingerprint density at radius 3 is 1.98 bits per heavy atom. The van der Waals surface area contributed by atoms with Gasteiger partial charge in [-0.1, -0.05) is 85.7 Å². The van der Waals surface area contributed by atoms with E-state index in [1.54, 1.807) is 18.2 Å². The summed E-state index contributed by atoms with van der Waals surface area (Å²) in [6.07, 6.45) is 6.47. The van der Waals surface area contributed by atoms with Crippen molar-refractivity contribution < 1.29 is 43.3 Å². The Hall–Kier alpha value is -5.17. The van der Waals surface area contributed by atoms with Crippen molar-refractivity contribution in [3.8, 4) is 0 Å². The van der Waals surface area contributed by atoms with Gasteiger partial charge in [0.15, 0.2) is 0 Å². The summed E-state index contributed by atoms with van der Waals surface area (Å²) < 4.78 is 16.1. The van der Waals surface area contributed by atoms with Gasteiger partial charge in [-0.2, -0.15) is 0 Å². The largest absolute Gasteiger partial charge is 0.462 e. The number of alkyl carbamates (subject to hydrolysis) is 2. The zero-order valence-electron chi connectivity index (χ0n) is 30.4. The number of allylic oxidation sites excluding steroid dienone is 1. The van der Waals surface area contributed by atoms with Crippen molar-refractivity contribution in [2.24, 2.45) is 5.92 Å². The number of aliphatic hydroxyl groups is 1. The Kier molecular flexibility index (Phi) is 18.7. The third-order valence-corrected chi connectivity index (χ3v) is 8.95. The van der Waals surface area contributed by atoms with Crippen LogP contribution < -0.4 is 21.3 Å². The standard InChI is InChI=1S/C40H54N4O9/c1-3-15-32(25-35(46)44-40(29-45)22-12-13-23-40)36(47)42-33(21-11-14-24-41-38(49)52-26-30-17-7-5-8-18-30)28-51-37(48)34(16-4-2)43-39(50)53-27-31-19-9-6-10-20-31/h3-10,17-20,32-34,45H,1-2,11-16,21-29H2,(H,41,49)(H,42,47)(H,43,50)(H,44,46)/t32-,33+,34-/m1/s1. The molecule has 53 heavy (non-hydrogen) atoms. The molecule has 13 heteroatoms. The third-order valence-electron chi connectivity index (χ3n) is 8.95. The van der Waals surface area contributed by atoms with Crippen molar-refractivity contribution in [1.82, 2.24) is 21.3 Å². The highest BCUT2D eigenvalue weighted by Crippen LogP contribution is 2.29. The van der Waals surface area contributed by atoms with Crippen molar-refractivity contribution >= 4 is 30.0 Å². The SMILES string of the molecule is C=CC[C@H](CC(=O)NC1(CO)CCCC1)C(=O)N[C@@H](CCCCNC(=O)OCc1ccccc1)COC(=O)[C@@H](CC=C)NC(=O)OCc1ccccc1. The van der Waals surface area contributed by atoms with E-state index in [0.717, 1.165) is 24.0 Å². The zero-order valence-corrected chi connectivity index (χ0v) is 30.4. The number of amides is 4. The average Bonchev–Trinajstić information content (AvgIpc) is 3.64. The van der Waals surface area contributed by atoms with E-state index in [4.69, 9.17) is 14.2 Å². The molecule has 3 atom stereocenters. The van der Waals surface area contributed by atoms with Crippen LogP contribution in [0.1, 0.15) is 75.3 Å². The first kappa shape index (κ1) is 42.2. The first-order chi connectivity index (χ1) is 25.7.